The number of nitrogens with zero attached hydrogens (tertiary/aromatic N) is 3. The van der Waals surface area contributed by atoms with Crippen LogP contribution in [0.1, 0.15) is 20.3 Å². The molecule has 0 bridgehead atoms. The molecule has 71 valence electrons. The van der Waals surface area contributed by atoms with Gasteiger partial charge in [0.05, 0.1) is 0 Å². The van der Waals surface area contributed by atoms with Gasteiger partial charge in [0.2, 0.25) is 0 Å². The maximum Gasteiger partial charge on any atom is 0.0278 e. The van der Waals surface area contributed by atoms with Gasteiger partial charge in [0, 0.05) is 32.7 Å². The Morgan fingerprint density at radius 3 is 2.25 bits per heavy atom. The monoisotopic (exact) mass is 170 g/mol. The molecule has 1 fully saturated rings. The molecule has 0 atom stereocenters. The zero-order valence-corrected chi connectivity index (χ0v) is 8.29. The van der Waals surface area contributed by atoms with Crippen molar-refractivity contribution in [3.8, 4) is 0 Å². The lowest BCUT2D eigenvalue weighted by Gasteiger charge is -2.33. The van der Waals surface area contributed by atoms with E-state index in [9.17, 15) is 0 Å². The Labute approximate surface area is 75.7 Å². The van der Waals surface area contributed by atoms with Gasteiger partial charge in [-0.25, -0.2) is 5.01 Å². The number of hydrogen-bond acceptors (Lipinski definition) is 2. The summed E-state index contributed by atoms with van der Waals surface area (Å²) in [6.45, 7) is 11.1. The van der Waals surface area contributed by atoms with Crippen molar-refractivity contribution >= 4 is 0 Å². The van der Waals surface area contributed by atoms with Crippen LogP contribution in [-0.2, 0) is 0 Å². The molecule has 1 aliphatic rings. The average Bonchev–Trinajstić information content (AvgIpc) is 2.09. The molecule has 3 heteroatoms. The van der Waals surface area contributed by atoms with Crippen LogP contribution in [0, 0.1) is 0 Å². The van der Waals surface area contributed by atoms with Crippen molar-refractivity contribution < 1.29 is 0 Å². The number of hydrogen-bond donors (Lipinski definition) is 0. The van der Waals surface area contributed by atoms with Crippen LogP contribution in [-0.4, -0.2) is 49.2 Å². The van der Waals surface area contributed by atoms with E-state index in [4.69, 9.17) is 0 Å². The molecule has 0 aromatic heterocycles. The topological polar surface area (TPSA) is 20.6 Å². The van der Waals surface area contributed by atoms with Crippen LogP contribution in [0.2, 0.25) is 0 Å². The van der Waals surface area contributed by atoms with E-state index in [1.807, 2.05) is 0 Å². The first-order chi connectivity index (χ1) is 5.86. The first-order valence-electron chi connectivity index (χ1n) is 5.01. The van der Waals surface area contributed by atoms with E-state index in [-0.39, 0.29) is 0 Å². The zero-order chi connectivity index (χ0) is 8.81. The molecule has 0 aliphatic carbocycles. The lowest BCUT2D eigenvalue weighted by atomic mass is 10.3. The molecular formula is C9H20N3. The van der Waals surface area contributed by atoms with Gasteiger partial charge in [-0.2, -0.15) is 5.43 Å². The molecule has 0 saturated carbocycles. The lowest BCUT2D eigenvalue weighted by molar-refractivity contribution is 0.0876. The SMILES string of the molecule is CCCN1CCN([N]CC)CC1. The summed E-state index contributed by atoms with van der Waals surface area (Å²) in [5.41, 5.74) is 4.38. The predicted octanol–water partition coefficient (Wildman–Crippen LogP) is 0.553. The summed E-state index contributed by atoms with van der Waals surface area (Å²) in [5.74, 6) is 0. The molecule has 1 aliphatic heterocycles. The molecular weight excluding hydrogens is 150 g/mol. The van der Waals surface area contributed by atoms with Gasteiger partial charge in [0.25, 0.3) is 0 Å². The fourth-order valence-corrected chi connectivity index (χ4v) is 1.62. The average molecular weight is 170 g/mol. The third kappa shape index (κ3) is 3.09. The predicted molar refractivity (Wildman–Crippen MR) is 51.0 cm³/mol. The summed E-state index contributed by atoms with van der Waals surface area (Å²) >= 11 is 0. The third-order valence-electron chi connectivity index (χ3n) is 2.23. The smallest absolute Gasteiger partial charge is 0.0278 e. The Kier molecular flexibility index (Phi) is 4.58. The van der Waals surface area contributed by atoms with E-state index >= 15 is 0 Å². The van der Waals surface area contributed by atoms with Crippen molar-refractivity contribution in [1.82, 2.24) is 15.3 Å². The largest absolute Gasteiger partial charge is 0.301 e. The second-order valence-corrected chi connectivity index (χ2v) is 3.25. The van der Waals surface area contributed by atoms with Crippen molar-refractivity contribution in [2.24, 2.45) is 0 Å². The van der Waals surface area contributed by atoms with Crippen LogP contribution < -0.4 is 5.43 Å². The molecule has 0 N–H and O–H groups in total. The second-order valence-electron chi connectivity index (χ2n) is 3.25. The quantitative estimate of drug-likeness (QED) is 0.614. The van der Waals surface area contributed by atoms with E-state index in [0.717, 1.165) is 19.6 Å². The molecule has 1 radical (unpaired) electrons. The van der Waals surface area contributed by atoms with Gasteiger partial charge >= 0.3 is 0 Å². The highest BCUT2D eigenvalue weighted by atomic mass is 15.5. The maximum absolute atomic E-state index is 4.38. The molecule has 0 spiro atoms. The Balaban J connectivity index is 2.11. The third-order valence-corrected chi connectivity index (χ3v) is 2.23. The van der Waals surface area contributed by atoms with E-state index in [1.54, 1.807) is 0 Å². The molecule has 12 heavy (non-hydrogen) atoms. The standard InChI is InChI=1S/C9H20N3/c1-3-5-11-6-8-12(9-7-11)10-4-2/h3-9H2,1-2H3. The van der Waals surface area contributed by atoms with Gasteiger partial charge in [-0.05, 0) is 19.9 Å². The molecule has 0 amide bonds. The molecule has 3 nitrogen and oxygen atoms in total. The van der Waals surface area contributed by atoms with Gasteiger partial charge in [-0.3, -0.25) is 0 Å². The molecule has 1 saturated heterocycles. The molecule has 0 aromatic carbocycles. The summed E-state index contributed by atoms with van der Waals surface area (Å²) in [7, 11) is 0. The van der Waals surface area contributed by atoms with Crippen molar-refractivity contribution in [2.45, 2.75) is 20.3 Å². The second kappa shape index (κ2) is 5.51. The van der Waals surface area contributed by atoms with E-state index in [0.29, 0.717) is 0 Å². The minimum Gasteiger partial charge on any atom is -0.301 e. The Morgan fingerprint density at radius 1 is 1.08 bits per heavy atom. The van der Waals surface area contributed by atoms with E-state index < -0.39 is 0 Å². The maximum atomic E-state index is 4.38. The van der Waals surface area contributed by atoms with Crippen LogP contribution in [0.25, 0.3) is 0 Å². The zero-order valence-electron chi connectivity index (χ0n) is 8.29. The van der Waals surface area contributed by atoms with Crippen LogP contribution in [0.15, 0.2) is 0 Å². The Hall–Kier alpha value is -0.120. The van der Waals surface area contributed by atoms with Gasteiger partial charge in [-0.1, -0.05) is 6.92 Å². The van der Waals surface area contributed by atoms with Gasteiger partial charge in [-0.15, -0.1) is 0 Å². The summed E-state index contributed by atoms with van der Waals surface area (Å²) < 4.78 is 0. The van der Waals surface area contributed by atoms with E-state index in [1.165, 1.54) is 26.1 Å². The van der Waals surface area contributed by atoms with Crippen LogP contribution >= 0.6 is 0 Å². The highest BCUT2D eigenvalue weighted by Gasteiger charge is 2.15. The van der Waals surface area contributed by atoms with Gasteiger partial charge in [0.1, 0.15) is 0 Å². The van der Waals surface area contributed by atoms with Crippen LogP contribution in [0.5, 0.6) is 0 Å². The molecule has 1 heterocycles. The van der Waals surface area contributed by atoms with Crippen molar-refractivity contribution in [2.75, 3.05) is 39.3 Å². The van der Waals surface area contributed by atoms with Crippen molar-refractivity contribution in [3.05, 3.63) is 0 Å². The summed E-state index contributed by atoms with van der Waals surface area (Å²) in [6.07, 6.45) is 1.27. The first kappa shape index (κ1) is 9.96. The highest BCUT2D eigenvalue weighted by molar-refractivity contribution is 4.68. The fourth-order valence-electron chi connectivity index (χ4n) is 1.62. The number of piperazine rings is 1. The minimum atomic E-state index is 0.924. The van der Waals surface area contributed by atoms with Crippen molar-refractivity contribution in [1.29, 1.82) is 0 Å². The first-order valence-corrected chi connectivity index (χ1v) is 5.01. The summed E-state index contributed by atoms with van der Waals surface area (Å²) in [4.78, 5) is 2.52. The van der Waals surface area contributed by atoms with Crippen molar-refractivity contribution in [3.63, 3.8) is 0 Å². The molecule has 0 aromatic rings. The van der Waals surface area contributed by atoms with E-state index in [2.05, 4.69) is 29.2 Å². The van der Waals surface area contributed by atoms with Gasteiger partial charge in [0.15, 0.2) is 0 Å². The molecule has 0 unspecified atom stereocenters. The highest BCUT2D eigenvalue weighted by Crippen LogP contribution is 1.99. The fraction of sp³-hybridized carbons (Fsp3) is 1.00. The molecule has 1 rings (SSSR count). The Bertz CT molecular complexity index is 94.3. The van der Waals surface area contributed by atoms with Gasteiger partial charge < -0.3 is 4.90 Å². The Morgan fingerprint density at radius 2 is 1.75 bits per heavy atom. The number of rotatable bonds is 4. The lowest BCUT2D eigenvalue weighted by Crippen LogP contribution is -2.49. The normalized spacial score (nSPS) is 21.5. The van der Waals surface area contributed by atoms with Crippen LogP contribution in [0.4, 0.5) is 0 Å². The summed E-state index contributed by atoms with van der Waals surface area (Å²) in [5, 5.41) is 2.20. The van der Waals surface area contributed by atoms with Crippen LogP contribution in [0.3, 0.4) is 0 Å². The summed E-state index contributed by atoms with van der Waals surface area (Å²) in [6, 6.07) is 0. The minimum absolute atomic E-state index is 0.924.